The van der Waals surface area contributed by atoms with Crippen molar-refractivity contribution in [1.29, 1.82) is 0 Å². The van der Waals surface area contributed by atoms with Crippen LogP contribution in [0.3, 0.4) is 0 Å². The van der Waals surface area contributed by atoms with Crippen LogP contribution in [0.25, 0.3) is 0 Å². The second kappa shape index (κ2) is 4.89. The van der Waals surface area contributed by atoms with E-state index >= 15 is 0 Å². The molecule has 0 heterocycles. The van der Waals surface area contributed by atoms with Gasteiger partial charge in [0.1, 0.15) is 0 Å². The minimum atomic E-state index is 0.693. The molecule has 1 aromatic carbocycles. The SMILES string of the molecule is CCNC1C(C)C(c2ccc(Br)cc2)C1C. The maximum atomic E-state index is 3.58. The number of hydrogen-bond donors (Lipinski definition) is 1. The van der Waals surface area contributed by atoms with Gasteiger partial charge >= 0.3 is 0 Å². The summed E-state index contributed by atoms with van der Waals surface area (Å²) in [5.41, 5.74) is 1.48. The van der Waals surface area contributed by atoms with E-state index in [4.69, 9.17) is 0 Å². The zero-order valence-corrected chi connectivity index (χ0v) is 11.8. The summed E-state index contributed by atoms with van der Waals surface area (Å²) in [6.07, 6.45) is 0. The monoisotopic (exact) mass is 281 g/mol. The molecule has 0 aliphatic heterocycles. The third kappa shape index (κ3) is 2.05. The third-order valence-corrected chi connectivity index (χ3v) is 4.49. The molecule has 0 aromatic heterocycles. The summed E-state index contributed by atoms with van der Waals surface area (Å²) in [5, 5.41) is 3.58. The van der Waals surface area contributed by atoms with Crippen molar-refractivity contribution in [3.05, 3.63) is 34.3 Å². The summed E-state index contributed by atoms with van der Waals surface area (Å²) in [6.45, 7) is 7.98. The lowest BCUT2D eigenvalue weighted by atomic mass is 9.59. The first-order chi connectivity index (χ1) is 7.65. The van der Waals surface area contributed by atoms with Crippen LogP contribution in [0.5, 0.6) is 0 Å². The Labute approximate surface area is 107 Å². The maximum absolute atomic E-state index is 3.58. The molecule has 2 unspecified atom stereocenters. The lowest BCUT2D eigenvalue weighted by molar-refractivity contribution is 0.0982. The second-order valence-electron chi connectivity index (χ2n) is 4.88. The van der Waals surface area contributed by atoms with Gasteiger partial charge in [-0.15, -0.1) is 0 Å². The molecule has 1 fully saturated rings. The van der Waals surface area contributed by atoms with Crippen LogP contribution in [0.2, 0.25) is 0 Å². The highest BCUT2D eigenvalue weighted by Crippen LogP contribution is 2.47. The predicted octanol–water partition coefficient (Wildman–Crippen LogP) is 3.80. The van der Waals surface area contributed by atoms with E-state index < -0.39 is 0 Å². The van der Waals surface area contributed by atoms with E-state index in [1.165, 1.54) is 10.0 Å². The molecule has 16 heavy (non-hydrogen) atoms. The van der Waals surface area contributed by atoms with E-state index in [9.17, 15) is 0 Å². The van der Waals surface area contributed by atoms with E-state index in [0.29, 0.717) is 6.04 Å². The quantitative estimate of drug-likeness (QED) is 0.889. The van der Waals surface area contributed by atoms with Gasteiger partial charge in [-0.2, -0.15) is 0 Å². The third-order valence-electron chi connectivity index (χ3n) is 3.96. The summed E-state index contributed by atoms with van der Waals surface area (Å²) in [5.74, 6) is 2.21. The summed E-state index contributed by atoms with van der Waals surface area (Å²) in [7, 11) is 0. The van der Waals surface area contributed by atoms with Crippen LogP contribution < -0.4 is 5.32 Å². The molecule has 2 atom stereocenters. The Kier molecular flexibility index (Phi) is 3.70. The van der Waals surface area contributed by atoms with E-state index in [1.54, 1.807) is 0 Å². The van der Waals surface area contributed by atoms with Crippen molar-refractivity contribution in [2.45, 2.75) is 32.7 Å². The average Bonchev–Trinajstić information content (AvgIpc) is 2.29. The molecule has 88 valence electrons. The molecule has 1 saturated carbocycles. The molecule has 1 aromatic rings. The van der Waals surface area contributed by atoms with E-state index in [-0.39, 0.29) is 0 Å². The van der Waals surface area contributed by atoms with Crippen LogP contribution in [0.1, 0.15) is 32.3 Å². The van der Waals surface area contributed by atoms with Crippen LogP contribution in [-0.2, 0) is 0 Å². The zero-order chi connectivity index (χ0) is 11.7. The minimum absolute atomic E-state index is 0.693. The van der Waals surface area contributed by atoms with Gasteiger partial charge in [0.15, 0.2) is 0 Å². The van der Waals surface area contributed by atoms with Crippen molar-refractivity contribution >= 4 is 15.9 Å². The van der Waals surface area contributed by atoms with E-state index in [0.717, 1.165) is 24.3 Å². The number of benzene rings is 1. The smallest absolute Gasteiger partial charge is 0.0175 e. The fourth-order valence-electron chi connectivity index (χ4n) is 3.16. The van der Waals surface area contributed by atoms with Crippen LogP contribution >= 0.6 is 15.9 Å². The van der Waals surface area contributed by atoms with E-state index in [2.05, 4.69) is 66.3 Å². The minimum Gasteiger partial charge on any atom is -0.314 e. The molecule has 1 aliphatic carbocycles. The van der Waals surface area contributed by atoms with Gasteiger partial charge in [0, 0.05) is 10.5 Å². The standard InChI is InChI=1S/C14H20BrN/c1-4-16-14-9(2)13(10(14)3)11-5-7-12(15)8-6-11/h5-10,13-14,16H,4H2,1-3H3. The Morgan fingerprint density at radius 1 is 1.12 bits per heavy atom. The molecule has 0 spiro atoms. The Hall–Kier alpha value is -0.340. The van der Waals surface area contributed by atoms with Gasteiger partial charge in [-0.05, 0) is 42.0 Å². The number of halogens is 1. The van der Waals surface area contributed by atoms with Gasteiger partial charge in [0.05, 0.1) is 0 Å². The average molecular weight is 282 g/mol. The summed E-state index contributed by atoms with van der Waals surface area (Å²) >= 11 is 3.49. The van der Waals surface area contributed by atoms with Crippen molar-refractivity contribution < 1.29 is 0 Å². The summed E-state index contributed by atoms with van der Waals surface area (Å²) in [4.78, 5) is 0. The largest absolute Gasteiger partial charge is 0.314 e. The molecule has 0 radical (unpaired) electrons. The van der Waals surface area contributed by atoms with Crippen LogP contribution in [-0.4, -0.2) is 12.6 Å². The van der Waals surface area contributed by atoms with Crippen molar-refractivity contribution in [3.8, 4) is 0 Å². The van der Waals surface area contributed by atoms with Crippen LogP contribution in [0.15, 0.2) is 28.7 Å². The maximum Gasteiger partial charge on any atom is 0.0175 e. The first-order valence-corrected chi connectivity index (χ1v) is 6.93. The molecule has 2 rings (SSSR count). The molecular formula is C14H20BrN. The Morgan fingerprint density at radius 3 is 2.19 bits per heavy atom. The van der Waals surface area contributed by atoms with Crippen molar-refractivity contribution in [2.75, 3.05) is 6.54 Å². The van der Waals surface area contributed by atoms with Gasteiger partial charge in [-0.25, -0.2) is 0 Å². The molecule has 0 bridgehead atoms. The Morgan fingerprint density at radius 2 is 1.69 bits per heavy atom. The van der Waals surface area contributed by atoms with Crippen molar-refractivity contribution in [2.24, 2.45) is 11.8 Å². The van der Waals surface area contributed by atoms with Gasteiger partial charge < -0.3 is 5.32 Å². The summed E-state index contributed by atoms with van der Waals surface area (Å²) < 4.78 is 1.17. The van der Waals surface area contributed by atoms with Crippen molar-refractivity contribution in [1.82, 2.24) is 5.32 Å². The van der Waals surface area contributed by atoms with Crippen LogP contribution in [0.4, 0.5) is 0 Å². The topological polar surface area (TPSA) is 12.0 Å². The fourth-order valence-corrected chi connectivity index (χ4v) is 3.42. The number of nitrogens with one attached hydrogen (secondary N) is 1. The van der Waals surface area contributed by atoms with Crippen LogP contribution in [0, 0.1) is 11.8 Å². The molecular weight excluding hydrogens is 262 g/mol. The number of rotatable bonds is 3. The highest BCUT2D eigenvalue weighted by molar-refractivity contribution is 9.10. The first-order valence-electron chi connectivity index (χ1n) is 6.14. The van der Waals surface area contributed by atoms with Crippen molar-refractivity contribution in [3.63, 3.8) is 0 Å². The molecule has 1 aliphatic rings. The number of hydrogen-bond acceptors (Lipinski definition) is 1. The highest BCUT2D eigenvalue weighted by atomic mass is 79.9. The highest BCUT2D eigenvalue weighted by Gasteiger charge is 2.44. The molecule has 1 N–H and O–H groups in total. The molecule has 0 amide bonds. The first kappa shape index (κ1) is 12.1. The Bertz CT molecular complexity index is 336. The van der Waals surface area contributed by atoms with Gasteiger partial charge in [-0.1, -0.05) is 48.8 Å². The lowest BCUT2D eigenvalue weighted by Crippen LogP contribution is -2.54. The normalized spacial score (nSPS) is 33.5. The van der Waals surface area contributed by atoms with Gasteiger partial charge in [0.25, 0.3) is 0 Å². The molecule has 2 heteroatoms. The molecule has 1 nitrogen and oxygen atoms in total. The predicted molar refractivity (Wildman–Crippen MR) is 72.7 cm³/mol. The van der Waals surface area contributed by atoms with Gasteiger partial charge in [-0.3, -0.25) is 0 Å². The summed E-state index contributed by atoms with van der Waals surface area (Å²) in [6, 6.07) is 9.50. The zero-order valence-electron chi connectivity index (χ0n) is 10.2. The van der Waals surface area contributed by atoms with E-state index in [1.807, 2.05) is 0 Å². The Balaban J connectivity index is 2.10. The fraction of sp³-hybridized carbons (Fsp3) is 0.571. The molecule has 0 saturated heterocycles. The lowest BCUT2D eigenvalue weighted by Gasteiger charge is -2.50. The van der Waals surface area contributed by atoms with Gasteiger partial charge in [0.2, 0.25) is 0 Å². The second-order valence-corrected chi connectivity index (χ2v) is 5.79.